The Morgan fingerprint density at radius 3 is 2.67 bits per heavy atom. The molecular formula is C14H9Cl2N3O2. The molecule has 0 aliphatic rings. The smallest absolute Gasteiger partial charge is 0.264 e. The minimum absolute atomic E-state index is 0.117. The molecule has 106 valence electrons. The Kier molecular flexibility index (Phi) is 4.03. The van der Waals surface area contributed by atoms with E-state index < -0.39 is 0 Å². The summed E-state index contributed by atoms with van der Waals surface area (Å²) in [5, 5.41) is 4.83. The van der Waals surface area contributed by atoms with Gasteiger partial charge in [0.15, 0.2) is 17.5 Å². The van der Waals surface area contributed by atoms with Crippen LogP contribution in [0.25, 0.3) is 11.4 Å². The van der Waals surface area contributed by atoms with Gasteiger partial charge in [0, 0.05) is 16.8 Å². The predicted molar refractivity (Wildman–Crippen MR) is 78.3 cm³/mol. The van der Waals surface area contributed by atoms with Crippen molar-refractivity contribution in [1.29, 1.82) is 0 Å². The summed E-state index contributed by atoms with van der Waals surface area (Å²) in [7, 11) is 0. The molecule has 5 nitrogen and oxygen atoms in total. The van der Waals surface area contributed by atoms with E-state index in [0.717, 1.165) is 5.56 Å². The van der Waals surface area contributed by atoms with Gasteiger partial charge in [-0.15, -0.1) is 0 Å². The first-order valence-corrected chi connectivity index (χ1v) is 6.80. The molecule has 0 bridgehead atoms. The summed E-state index contributed by atoms with van der Waals surface area (Å²) < 4.78 is 10.6. The largest absolute Gasteiger partial charge is 0.481 e. The number of pyridine rings is 1. The van der Waals surface area contributed by atoms with Crippen LogP contribution < -0.4 is 4.74 Å². The fraction of sp³-hybridized carbons (Fsp3) is 0.0714. The summed E-state index contributed by atoms with van der Waals surface area (Å²) in [6.45, 7) is 0.117. The lowest BCUT2D eigenvalue weighted by Crippen LogP contribution is -1.96. The third-order valence-corrected chi connectivity index (χ3v) is 3.18. The van der Waals surface area contributed by atoms with Crippen LogP contribution in [0.4, 0.5) is 0 Å². The molecule has 0 saturated heterocycles. The minimum Gasteiger partial charge on any atom is -0.481 e. The highest BCUT2D eigenvalue weighted by atomic mass is 35.5. The fourth-order valence-corrected chi connectivity index (χ4v) is 1.95. The van der Waals surface area contributed by atoms with Crippen LogP contribution >= 0.6 is 23.2 Å². The summed E-state index contributed by atoms with van der Waals surface area (Å²) in [6, 6.07) is 10.6. The van der Waals surface area contributed by atoms with E-state index in [1.165, 1.54) is 0 Å². The predicted octanol–water partition coefficient (Wildman–Crippen LogP) is 4.02. The standard InChI is InChI=1S/C14H9Cl2N3O2/c15-10-5-3-9(4-6-10)14-18-12(21-19-14)8-20-11-2-1-7-17-13(11)16/h1-7H,8H2. The molecule has 21 heavy (non-hydrogen) atoms. The number of aromatic nitrogens is 3. The van der Waals surface area contributed by atoms with Gasteiger partial charge in [-0.3, -0.25) is 0 Å². The molecule has 2 aromatic heterocycles. The van der Waals surface area contributed by atoms with Crippen LogP contribution in [-0.2, 0) is 6.61 Å². The van der Waals surface area contributed by atoms with Crippen molar-refractivity contribution >= 4 is 23.2 Å². The van der Waals surface area contributed by atoms with E-state index in [1.54, 1.807) is 30.5 Å². The van der Waals surface area contributed by atoms with Crippen molar-refractivity contribution in [2.24, 2.45) is 0 Å². The lowest BCUT2D eigenvalue weighted by atomic mass is 10.2. The first-order chi connectivity index (χ1) is 10.2. The zero-order chi connectivity index (χ0) is 14.7. The Morgan fingerprint density at radius 1 is 1.10 bits per heavy atom. The molecule has 0 amide bonds. The van der Waals surface area contributed by atoms with Crippen molar-refractivity contribution < 1.29 is 9.26 Å². The van der Waals surface area contributed by atoms with Gasteiger partial charge in [-0.05, 0) is 36.4 Å². The molecule has 0 unspecified atom stereocenters. The van der Waals surface area contributed by atoms with E-state index in [2.05, 4.69) is 15.1 Å². The maximum absolute atomic E-state index is 5.89. The average Bonchev–Trinajstić information content (AvgIpc) is 2.96. The lowest BCUT2D eigenvalue weighted by molar-refractivity contribution is 0.242. The van der Waals surface area contributed by atoms with Crippen LogP contribution in [0.1, 0.15) is 5.89 Å². The van der Waals surface area contributed by atoms with Crippen molar-refractivity contribution in [1.82, 2.24) is 15.1 Å². The van der Waals surface area contributed by atoms with Gasteiger partial charge >= 0.3 is 0 Å². The second-order valence-electron chi connectivity index (χ2n) is 4.10. The van der Waals surface area contributed by atoms with E-state index in [0.29, 0.717) is 22.5 Å². The number of nitrogens with zero attached hydrogens (tertiary/aromatic N) is 3. The van der Waals surface area contributed by atoms with Crippen LogP contribution in [0.5, 0.6) is 5.75 Å². The topological polar surface area (TPSA) is 61.0 Å². The molecule has 0 aliphatic heterocycles. The Morgan fingerprint density at radius 2 is 1.90 bits per heavy atom. The van der Waals surface area contributed by atoms with Crippen LogP contribution in [-0.4, -0.2) is 15.1 Å². The minimum atomic E-state index is 0.117. The number of hydrogen-bond donors (Lipinski definition) is 0. The number of halogens is 2. The quantitative estimate of drug-likeness (QED) is 0.679. The third kappa shape index (κ3) is 3.32. The molecule has 1 aromatic carbocycles. The molecule has 0 fully saturated rings. The summed E-state index contributed by atoms with van der Waals surface area (Å²) in [5.41, 5.74) is 0.814. The zero-order valence-electron chi connectivity index (χ0n) is 10.7. The zero-order valence-corrected chi connectivity index (χ0v) is 12.2. The Balaban J connectivity index is 1.71. The summed E-state index contributed by atoms with van der Waals surface area (Å²) in [5.74, 6) is 1.29. The first kappa shape index (κ1) is 13.9. The molecule has 0 atom stereocenters. The molecule has 3 aromatic rings. The molecule has 7 heteroatoms. The molecule has 3 rings (SSSR count). The Hall–Kier alpha value is -2.11. The van der Waals surface area contributed by atoms with Crippen LogP contribution in [0, 0.1) is 0 Å². The number of rotatable bonds is 4. The Labute approximate surface area is 130 Å². The highest BCUT2D eigenvalue weighted by Crippen LogP contribution is 2.22. The molecule has 0 N–H and O–H groups in total. The highest BCUT2D eigenvalue weighted by Gasteiger charge is 2.10. The molecular weight excluding hydrogens is 313 g/mol. The van der Waals surface area contributed by atoms with Gasteiger partial charge in [-0.2, -0.15) is 4.98 Å². The van der Waals surface area contributed by atoms with Crippen molar-refractivity contribution in [3.05, 3.63) is 58.7 Å². The first-order valence-electron chi connectivity index (χ1n) is 6.04. The average molecular weight is 322 g/mol. The van der Waals surface area contributed by atoms with Crippen molar-refractivity contribution in [3.8, 4) is 17.1 Å². The Bertz CT molecular complexity index is 744. The van der Waals surface area contributed by atoms with Crippen molar-refractivity contribution in [2.45, 2.75) is 6.61 Å². The van der Waals surface area contributed by atoms with Gasteiger partial charge in [0.2, 0.25) is 5.82 Å². The summed E-state index contributed by atoms with van der Waals surface area (Å²) in [6.07, 6.45) is 1.58. The van der Waals surface area contributed by atoms with E-state index in [-0.39, 0.29) is 11.8 Å². The second-order valence-corrected chi connectivity index (χ2v) is 4.89. The van der Waals surface area contributed by atoms with E-state index in [1.807, 2.05) is 12.1 Å². The van der Waals surface area contributed by atoms with Crippen LogP contribution in [0.3, 0.4) is 0 Å². The molecule has 0 aliphatic carbocycles. The number of ether oxygens (including phenoxy) is 1. The lowest BCUT2D eigenvalue weighted by Gasteiger charge is -2.03. The van der Waals surface area contributed by atoms with Crippen molar-refractivity contribution in [2.75, 3.05) is 0 Å². The maximum atomic E-state index is 5.89. The fourth-order valence-electron chi connectivity index (χ4n) is 1.65. The molecule has 0 saturated carbocycles. The number of hydrogen-bond acceptors (Lipinski definition) is 5. The summed E-state index contributed by atoms with van der Waals surface area (Å²) >= 11 is 11.7. The van der Waals surface area contributed by atoms with E-state index in [9.17, 15) is 0 Å². The third-order valence-electron chi connectivity index (χ3n) is 2.65. The second kappa shape index (κ2) is 6.11. The van der Waals surface area contributed by atoms with Crippen LogP contribution in [0.2, 0.25) is 10.2 Å². The molecule has 0 radical (unpaired) electrons. The van der Waals surface area contributed by atoms with Gasteiger partial charge in [0.1, 0.15) is 0 Å². The SMILES string of the molecule is Clc1ccc(-c2noc(COc3cccnc3Cl)n2)cc1. The van der Waals surface area contributed by atoms with Gasteiger partial charge in [0.05, 0.1) is 0 Å². The van der Waals surface area contributed by atoms with E-state index in [4.69, 9.17) is 32.5 Å². The monoisotopic (exact) mass is 321 g/mol. The van der Waals surface area contributed by atoms with Gasteiger partial charge < -0.3 is 9.26 Å². The van der Waals surface area contributed by atoms with Gasteiger partial charge in [-0.25, -0.2) is 4.98 Å². The molecule has 0 spiro atoms. The normalized spacial score (nSPS) is 10.6. The van der Waals surface area contributed by atoms with Gasteiger partial charge in [-0.1, -0.05) is 28.4 Å². The number of benzene rings is 1. The summed E-state index contributed by atoms with van der Waals surface area (Å²) in [4.78, 5) is 8.16. The van der Waals surface area contributed by atoms with E-state index >= 15 is 0 Å². The van der Waals surface area contributed by atoms with Gasteiger partial charge in [0.25, 0.3) is 5.89 Å². The molecule has 2 heterocycles. The maximum Gasteiger partial charge on any atom is 0.264 e. The highest BCUT2D eigenvalue weighted by molar-refractivity contribution is 6.31. The van der Waals surface area contributed by atoms with Crippen molar-refractivity contribution in [3.63, 3.8) is 0 Å². The van der Waals surface area contributed by atoms with Crippen LogP contribution in [0.15, 0.2) is 47.1 Å².